The van der Waals surface area contributed by atoms with E-state index in [2.05, 4.69) is 15.9 Å². The molecule has 122 valence electrons. The molecule has 3 rings (SSSR count). The Morgan fingerprint density at radius 3 is 1.25 bits per heavy atom. The lowest BCUT2D eigenvalue weighted by Gasteiger charge is -2.13. The lowest BCUT2D eigenvalue weighted by atomic mass is 9.98. The third-order valence-electron chi connectivity index (χ3n) is 3.72. The molecule has 0 saturated carbocycles. The normalized spacial score (nSPS) is 10.7. The fourth-order valence-corrected chi connectivity index (χ4v) is 2.69. The van der Waals surface area contributed by atoms with Gasteiger partial charge in [0, 0.05) is 4.47 Å². The first-order chi connectivity index (χ1) is 11.4. The van der Waals surface area contributed by atoms with Gasteiger partial charge in [0.2, 0.25) is 17.2 Å². The summed E-state index contributed by atoms with van der Waals surface area (Å²) in [5.41, 5.74) is 2.11. The van der Waals surface area contributed by atoms with Crippen molar-refractivity contribution in [1.82, 2.24) is 0 Å². The predicted molar refractivity (Wildman–Crippen MR) is 93.3 cm³/mol. The molecule has 0 aliphatic heterocycles. The van der Waals surface area contributed by atoms with Crippen molar-refractivity contribution in [3.63, 3.8) is 0 Å². The molecule has 0 saturated heterocycles. The van der Waals surface area contributed by atoms with E-state index >= 15 is 0 Å². The fourth-order valence-electron chi connectivity index (χ4n) is 2.43. The number of phenols is 5. The van der Waals surface area contributed by atoms with Gasteiger partial charge in [-0.25, -0.2) is 0 Å². The van der Waals surface area contributed by atoms with Crippen LogP contribution in [0.5, 0.6) is 28.7 Å². The van der Waals surface area contributed by atoms with Crippen molar-refractivity contribution in [3.8, 4) is 51.0 Å². The molecule has 0 bridgehead atoms. The smallest absolute Gasteiger partial charge is 0.208 e. The SMILES string of the molecule is Oc1c(O)c(O)c(-c2ccc(-c3ccc(Br)cc3)cc2)c(O)c1O. The van der Waals surface area contributed by atoms with Gasteiger partial charge in [0.25, 0.3) is 0 Å². The number of hydrogen-bond donors (Lipinski definition) is 5. The highest BCUT2D eigenvalue weighted by atomic mass is 79.9. The highest BCUT2D eigenvalue weighted by Crippen LogP contribution is 2.54. The number of benzene rings is 3. The van der Waals surface area contributed by atoms with Crippen LogP contribution in [-0.4, -0.2) is 25.5 Å². The van der Waals surface area contributed by atoms with E-state index in [-0.39, 0.29) is 5.56 Å². The van der Waals surface area contributed by atoms with Gasteiger partial charge in [-0.2, -0.15) is 0 Å². The number of phenolic OH excluding ortho intramolecular Hbond substituents is 5. The standard InChI is InChI=1S/C18H13BrO5/c19-12-7-5-10(6-8-12)9-1-3-11(4-2-9)13-14(20)16(22)18(24)17(23)15(13)21/h1-8,20-24H. The summed E-state index contributed by atoms with van der Waals surface area (Å²) in [5, 5.41) is 48.6. The Labute approximate surface area is 145 Å². The lowest BCUT2D eigenvalue weighted by molar-refractivity contribution is 0.330. The third-order valence-corrected chi connectivity index (χ3v) is 4.25. The topological polar surface area (TPSA) is 101 Å². The van der Waals surface area contributed by atoms with Crippen molar-refractivity contribution in [1.29, 1.82) is 0 Å². The Morgan fingerprint density at radius 1 is 0.458 bits per heavy atom. The monoisotopic (exact) mass is 388 g/mol. The fraction of sp³-hybridized carbons (Fsp3) is 0. The Morgan fingerprint density at radius 2 is 0.792 bits per heavy atom. The van der Waals surface area contributed by atoms with E-state index in [0.717, 1.165) is 15.6 Å². The van der Waals surface area contributed by atoms with Gasteiger partial charge in [-0.15, -0.1) is 0 Å². The maximum absolute atomic E-state index is 9.97. The number of rotatable bonds is 2. The molecule has 0 aromatic heterocycles. The van der Waals surface area contributed by atoms with Crippen molar-refractivity contribution in [2.45, 2.75) is 0 Å². The summed E-state index contributed by atoms with van der Waals surface area (Å²) < 4.78 is 0.966. The van der Waals surface area contributed by atoms with Crippen LogP contribution in [-0.2, 0) is 0 Å². The van der Waals surface area contributed by atoms with Crippen LogP contribution in [0.1, 0.15) is 0 Å². The molecule has 3 aromatic carbocycles. The molecule has 0 spiro atoms. The minimum absolute atomic E-state index is 0.162. The molecule has 0 aliphatic rings. The quantitative estimate of drug-likeness (QED) is 0.332. The van der Waals surface area contributed by atoms with Gasteiger partial charge in [0.15, 0.2) is 11.5 Å². The van der Waals surface area contributed by atoms with Crippen molar-refractivity contribution < 1.29 is 25.5 Å². The number of hydrogen-bond acceptors (Lipinski definition) is 5. The first-order valence-electron chi connectivity index (χ1n) is 6.95. The van der Waals surface area contributed by atoms with Gasteiger partial charge < -0.3 is 25.5 Å². The molecular formula is C18H13BrO5. The third kappa shape index (κ3) is 2.61. The van der Waals surface area contributed by atoms with Crippen LogP contribution in [0, 0.1) is 0 Å². The van der Waals surface area contributed by atoms with Crippen LogP contribution >= 0.6 is 15.9 Å². The Bertz CT molecular complexity index is 873. The van der Waals surface area contributed by atoms with Gasteiger partial charge in [0.1, 0.15) is 0 Å². The van der Waals surface area contributed by atoms with Crippen molar-refractivity contribution >= 4 is 15.9 Å². The molecule has 0 radical (unpaired) electrons. The van der Waals surface area contributed by atoms with Gasteiger partial charge in [0.05, 0.1) is 5.56 Å². The van der Waals surface area contributed by atoms with Crippen molar-refractivity contribution in [2.24, 2.45) is 0 Å². The molecule has 24 heavy (non-hydrogen) atoms. The summed E-state index contributed by atoms with van der Waals surface area (Å²) in [7, 11) is 0. The molecule has 3 aromatic rings. The number of halogens is 1. The van der Waals surface area contributed by atoms with E-state index in [1.165, 1.54) is 0 Å². The maximum atomic E-state index is 9.97. The minimum Gasteiger partial charge on any atom is -0.504 e. The second kappa shape index (κ2) is 5.98. The van der Waals surface area contributed by atoms with Gasteiger partial charge in [-0.1, -0.05) is 52.3 Å². The van der Waals surface area contributed by atoms with Crippen LogP contribution in [0.2, 0.25) is 0 Å². The van der Waals surface area contributed by atoms with Crippen molar-refractivity contribution in [3.05, 3.63) is 53.0 Å². The van der Waals surface area contributed by atoms with Crippen molar-refractivity contribution in [2.75, 3.05) is 0 Å². The first kappa shape index (κ1) is 16.0. The van der Waals surface area contributed by atoms with Gasteiger partial charge >= 0.3 is 0 Å². The highest BCUT2D eigenvalue weighted by molar-refractivity contribution is 9.10. The molecule has 0 unspecified atom stereocenters. The second-order valence-corrected chi connectivity index (χ2v) is 6.12. The zero-order chi connectivity index (χ0) is 17.4. The van der Waals surface area contributed by atoms with E-state index in [1.54, 1.807) is 24.3 Å². The summed E-state index contributed by atoms with van der Waals surface area (Å²) >= 11 is 3.37. The minimum atomic E-state index is -0.972. The summed E-state index contributed by atoms with van der Waals surface area (Å²) in [5.74, 6) is -4.17. The van der Waals surface area contributed by atoms with E-state index in [4.69, 9.17) is 0 Å². The van der Waals surface area contributed by atoms with E-state index in [1.807, 2.05) is 24.3 Å². The first-order valence-corrected chi connectivity index (χ1v) is 7.74. The van der Waals surface area contributed by atoms with Crippen LogP contribution in [0.3, 0.4) is 0 Å². The molecule has 0 fully saturated rings. The zero-order valence-electron chi connectivity index (χ0n) is 12.2. The summed E-state index contributed by atoms with van der Waals surface area (Å²) in [4.78, 5) is 0. The van der Waals surface area contributed by atoms with E-state index in [0.29, 0.717) is 5.56 Å². The Hall–Kier alpha value is -2.86. The molecule has 6 heteroatoms. The van der Waals surface area contributed by atoms with Gasteiger partial charge in [-0.3, -0.25) is 0 Å². The average Bonchev–Trinajstić information content (AvgIpc) is 2.60. The number of aromatic hydroxyl groups is 5. The zero-order valence-corrected chi connectivity index (χ0v) is 13.8. The molecule has 0 amide bonds. The summed E-state index contributed by atoms with van der Waals surface area (Å²) in [6.45, 7) is 0. The molecule has 0 aliphatic carbocycles. The highest BCUT2D eigenvalue weighted by Gasteiger charge is 2.24. The van der Waals surface area contributed by atoms with Gasteiger partial charge in [-0.05, 0) is 28.8 Å². The molecule has 5 nitrogen and oxygen atoms in total. The van der Waals surface area contributed by atoms with Crippen LogP contribution in [0.4, 0.5) is 0 Å². The second-order valence-electron chi connectivity index (χ2n) is 5.20. The molecule has 0 atom stereocenters. The molecular weight excluding hydrogens is 376 g/mol. The average molecular weight is 389 g/mol. The van der Waals surface area contributed by atoms with Crippen LogP contribution in [0.15, 0.2) is 53.0 Å². The van der Waals surface area contributed by atoms with E-state index in [9.17, 15) is 25.5 Å². The lowest BCUT2D eigenvalue weighted by Crippen LogP contribution is -1.85. The van der Waals surface area contributed by atoms with Crippen LogP contribution in [0.25, 0.3) is 22.3 Å². The summed E-state index contributed by atoms with van der Waals surface area (Å²) in [6, 6.07) is 14.5. The molecule has 5 N–H and O–H groups in total. The maximum Gasteiger partial charge on any atom is 0.208 e. The summed E-state index contributed by atoms with van der Waals surface area (Å²) in [6.07, 6.45) is 0. The Balaban J connectivity index is 2.08. The largest absolute Gasteiger partial charge is 0.504 e. The predicted octanol–water partition coefficient (Wildman–Crippen LogP) is 4.31. The Kier molecular flexibility index (Phi) is 3.99. The molecule has 0 heterocycles. The van der Waals surface area contributed by atoms with Crippen LogP contribution < -0.4 is 0 Å². The van der Waals surface area contributed by atoms with E-state index < -0.39 is 28.7 Å².